The Morgan fingerprint density at radius 3 is 2.65 bits per heavy atom. The van der Waals surface area contributed by atoms with Gasteiger partial charge in [-0.15, -0.1) is 6.58 Å². The van der Waals surface area contributed by atoms with E-state index in [0.29, 0.717) is 6.54 Å². The molecule has 0 aliphatic carbocycles. The lowest BCUT2D eigenvalue weighted by Gasteiger charge is -2.27. The molecule has 0 spiro atoms. The monoisotopic (exact) mass is 233 g/mol. The lowest BCUT2D eigenvalue weighted by atomic mass is 10.1. The average Bonchev–Trinajstić information content (AvgIpc) is 2.34. The van der Waals surface area contributed by atoms with Gasteiger partial charge in [0.2, 0.25) is 0 Å². The minimum absolute atomic E-state index is 0.0594. The van der Waals surface area contributed by atoms with Crippen LogP contribution < -0.4 is 0 Å². The van der Waals surface area contributed by atoms with E-state index in [4.69, 9.17) is 5.11 Å². The van der Waals surface area contributed by atoms with Gasteiger partial charge in [0.1, 0.15) is 0 Å². The van der Waals surface area contributed by atoms with Gasteiger partial charge in [-0.2, -0.15) is 0 Å². The van der Waals surface area contributed by atoms with E-state index in [2.05, 4.69) is 6.58 Å². The van der Waals surface area contributed by atoms with Crippen LogP contribution in [0.1, 0.15) is 24.9 Å². The molecule has 1 rings (SSSR count). The van der Waals surface area contributed by atoms with Crippen molar-refractivity contribution in [2.75, 3.05) is 13.1 Å². The third kappa shape index (κ3) is 4.41. The molecule has 0 aliphatic rings. The van der Waals surface area contributed by atoms with Crippen molar-refractivity contribution in [3.63, 3.8) is 0 Å². The second-order valence-corrected chi connectivity index (χ2v) is 4.03. The van der Waals surface area contributed by atoms with Gasteiger partial charge in [0.25, 0.3) is 0 Å². The van der Waals surface area contributed by atoms with Crippen LogP contribution in [0, 0.1) is 0 Å². The van der Waals surface area contributed by atoms with E-state index >= 15 is 0 Å². The van der Waals surface area contributed by atoms with Crippen molar-refractivity contribution in [1.82, 2.24) is 4.90 Å². The molecule has 92 valence electrons. The first-order valence-electron chi connectivity index (χ1n) is 5.77. The van der Waals surface area contributed by atoms with Crippen molar-refractivity contribution in [1.29, 1.82) is 0 Å². The van der Waals surface area contributed by atoms with Crippen LogP contribution in [0.2, 0.25) is 0 Å². The van der Waals surface area contributed by atoms with Crippen molar-refractivity contribution in [2.24, 2.45) is 0 Å². The summed E-state index contributed by atoms with van der Waals surface area (Å²) < 4.78 is 0. The lowest BCUT2D eigenvalue weighted by Crippen LogP contribution is -2.33. The second-order valence-electron chi connectivity index (χ2n) is 4.03. The number of nitrogens with zero attached hydrogens (tertiary/aromatic N) is 1. The van der Waals surface area contributed by atoms with Gasteiger partial charge in [0.15, 0.2) is 0 Å². The van der Waals surface area contributed by atoms with Crippen molar-refractivity contribution in [2.45, 2.75) is 19.4 Å². The Hall–Kier alpha value is -1.61. The zero-order chi connectivity index (χ0) is 12.7. The van der Waals surface area contributed by atoms with E-state index in [1.165, 1.54) is 0 Å². The van der Waals surface area contributed by atoms with Crippen LogP contribution in [0.4, 0.5) is 0 Å². The maximum atomic E-state index is 10.8. The van der Waals surface area contributed by atoms with Crippen LogP contribution in [0.5, 0.6) is 0 Å². The number of rotatable bonds is 7. The quantitative estimate of drug-likeness (QED) is 0.736. The maximum absolute atomic E-state index is 10.8. The predicted molar refractivity (Wildman–Crippen MR) is 68.9 cm³/mol. The summed E-state index contributed by atoms with van der Waals surface area (Å²) in [5.74, 6) is -0.795. The number of carboxylic acid groups (broad SMARTS) is 1. The third-order valence-electron chi connectivity index (χ3n) is 2.79. The van der Waals surface area contributed by atoms with Gasteiger partial charge in [-0.1, -0.05) is 36.4 Å². The number of carboxylic acids is 1. The minimum atomic E-state index is -0.795. The Balaban J connectivity index is 2.74. The Labute approximate surface area is 102 Å². The first-order valence-corrected chi connectivity index (χ1v) is 5.77. The van der Waals surface area contributed by atoms with Crippen LogP contribution in [0.15, 0.2) is 43.0 Å². The molecule has 3 nitrogen and oxygen atoms in total. The molecule has 1 unspecified atom stereocenters. The summed E-state index contributed by atoms with van der Waals surface area (Å²) in [6.45, 7) is 6.47. The van der Waals surface area contributed by atoms with E-state index in [0.717, 1.165) is 12.0 Å². The van der Waals surface area contributed by atoms with E-state index in [1.54, 1.807) is 0 Å². The van der Waals surface area contributed by atoms with Gasteiger partial charge in [-0.25, -0.2) is 0 Å². The molecule has 0 aromatic heterocycles. The highest BCUT2D eigenvalue weighted by Gasteiger charge is 2.17. The molecule has 0 amide bonds. The fourth-order valence-electron chi connectivity index (χ4n) is 1.78. The van der Waals surface area contributed by atoms with Crippen molar-refractivity contribution in [3.05, 3.63) is 48.6 Å². The molecule has 0 heterocycles. The smallest absolute Gasteiger partial charge is 0.317 e. The predicted octanol–water partition coefficient (Wildman–Crippen LogP) is 2.71. The van der Waals surface area contributed by atoms with Gasteiger partial charge in [0, 0.05) is 12.6 Å². The molecule has 0 bridgehead atoms. The Bertz CT molecular complexity index is 362. The number of benzene rings is 1. The number of hydrogen-bond donors (Lipinski definition) is 1. The van der Waals surface area contributed by atoms with Crippen molar-refractivity contribution >= 4 is 5.97 Å². The molecule has 17 heavy (non-hydrogen) atoms. The molecular formula is C14H19NO2. The largest absolute Gasteiger partial charge is 0.480 e. The normalized spacial score (nSPS) is 12.4. The van der Waals surface area contributed by atoms with Gasteiger partial charge in [-0.05, 0) is 18.9 Å². The maximum Gasteiger partial charge on any atom is 0.317 e. The molecular weight excluding hydrogens is 214 g/mol. The first-order chi connectivity index (χ1) is 8.15. The minimum Gasteiger partial charge on any atom is -0.480 e. The van der Waals surface area contributed by atoms with Gasteiger partial charge < -0.3 is 5.11 Å². The third-order valence-corrected chi connectivity index (χ3v) is 2.79. The van der Waals surface area contributed by atoms with E-state index < -0.39 is 5.97 Å². The zero-order valence-corrected chi connectivity index (χ0v) is 10.2. The zero-order valence-electron chi connectivity index (χ0n) is 10.2. The number of aliphatic carboxylic acids is 1. The molecule has 3 heteroatoms. The summed E-state index contributed by atoms with van der Waals surface area (Å²) in [6.07, 6.45) is 2.61. The van der Waals surface area contributed by atoms with Crippen molar-refractivity contribution < 1.29 is 9.90 Å². The summed E-state index contributed by atoms with van der Waals surface area (Å²) in [6, 6.07) is 10.0. The van der Waals surface area contributed by atoms with E-state index in [-0.39, 0.29) is 12.6 Å². The van der Waals surface area contributed by atoms with Crippen LogP contribution >= 0.6 is 0 Å². The molecule has 1 aromatic carbocycles. The Morgan fingerprint density at radius 2 is 2.12 bits per heavy atom. The van der Waals surface area contributed by atoms with Crippen molar-refractivity contribution in [3.8, 4) is 0 Å². The second kappa shape index (κ2) is 6.86. The molecule has 1 atom stereocenters. The van der Waals surface area contributed by atoms with Gasteiger partial charge in [-0.3, -0.25) is 9.69 Å². The molecule has 1 N–H and O–H groups in total. The van der Waals surface area contributed by atoms with Gasteiger partial charge in [0.05, 0.1) is 6.54 Å². The molecule has 0 aliphatic heterocycles. The number of carbonyl (C=O) groups is 1. The highest BCUT2D eigenvalue weighted by atomic mass is 16.4. The fraction of sp³-hybridized carbons (Fsp3) is 0.357. The Kier molecular flexibility index (Phi) is 5.43. The highest BCUT2D eigenvalue weighted by Crippen LogP contribution is 2.19. The SMILES string of the molecule is C=CCCN(CC(=O)O)C(C)c1ccccc1. The summed E-state index contributed by atoms with van der Waals surface area (Å²) >= 11 is 0. The first kappa shape index (κ1) is 13.5. The van der Waals surface area contributed by atoms with Crippen LogP contribution in [-0.2, 0) is 4.79 Å². The Morgan fingerprint density at radius 1 is 1.47 bits per heavy atom. The summed E-state index contributed by atoms with van der Waals surface area (Å²) in [7, 11) is 0. The molecule has 0 fully saturated rings. The van der Waals surface area contributed by atoms with Gasteiger partial charge >= 0.3 is 5.97 Å². The summed E-state index contributed by atoms with van der Waals surface area (Å²) in [5, 5.41) is 8.91. The van der Waals surface area contributed by atoms with Crippen LogP contribution in [0.3, 0.4) is 0 Å². The standard InChI is InChI=1S/C14H19NO2/c1-3-4-10-15(11-14(16)17)12(2)13-8-6-5-7-9-13/h3,5-9,12H,1,4,10-11H2,2H3,(H,16,17). The van der Waals surface area contributed by atoms with E-state index in [1.807, 2.05) is 48.2 Å². The fourth-order valence-corrected chi connectivity index (χ4v) is 1.78. The molecule has 0 radical (unpaired) electrons. The van der Waals surface area contributed by atoms with Crippen LogP contribution in [-0.4, -0.2) is 29.1 Å². The number of hydrogen-bond acceptors (Lipinski definition) is 2. The lowest BCUT2D eigenvalue weighted by molar-refractivity contribution is -0.138. The topological polar surface area (TPSA) is 40.5 Å². The summed E-state index contributed by atoms with van der Waals surface area (Å²) in [5.41, 5.74) is 1.14. The molecule has 0 saturated carbocycles. The molecule has 0 saturated heterocycles. The van der Waals surface area contributed by atoms with Crippen LogP contribution in [0.25, 0.3) is 0 Å². The highest BCUT2D eigenvalue weighted by molar-refractivity contribution is 5.69. The average molecular weight is 233 g/mol. The van der Waals surface area contributed by atoms with E-state index in [9.17, 15) is 4.79 Å². The summed E-state index contributed by atoms with van der Waals surface area (Å²) in [4.78, 5) is 12.8. The molecule has 1 aromatic rings.